The van der Waals surface area contributed by atoms with Crippen molar-refractivity contribution in [2.75, 3.05) is 26.7 Å². The fourth-order valence-electron chi connectivity index (χ4n) is 8.33. The largest absolute Gasteiger partial charge is 0.497 e. The van der Waals surface area contributed by atoms with Crippen LogP contribution in [0.25, 0.3) is 22.2 Å². The summed E-state index contributed by atoms with van der Waals surface area (Å²) in [5, 5.41) is 0.139. The molecule has 4 atom stereocenters. The lowest BCUT2D eigenvalue weighted by atomic mass is 9.94. The molecule has 12 heteroatoms. The molecular weight excluding hydrogens is 717 g/mol. The van der Waals surface area contributed by atoms with Gasteiger partial charge in [0.05, 0.1) is 30.1 Å². The van der Waals surface area contributed by atoms with Crippen LogP contribution in [0.3, 0.4) is 0 Å². The number of sulfonamides is 1. The van der Waals surface area contributed by atoms with Crippen LogP contribution >= 0.6 is 0 Å². The molecule has 1 saturated carbocycles. The van der Waals surface area contributed by atoms with Gasteiger partial charge in [0.15, 0.2) is 0 Å². The maximum atomic E-state index is 14.9. The smallest absolute Gasteiger partial charge is 0.259 e. The number of pyridine rings is 1. The molecule has 3 amide bonds. The van der Waals surface area contributed by atoms with Crippen LogP contribution < -0.4 is 9.47 Å². The number of ether oxygens (including phenoxy) is 2. The molecule has 294 valence electrons. The normalized spacial score (nSPS) is 24.7. The lowest BCUT2D eigenvalue weighted by molar-refractivity contribution is -0.147. The second-order valence-corrected chi connectivity index (χ2v) is 17.7. The van der Waals surface area contributed by atoms with Gasteiger partial charge in [0.1, 0.15) is 23.6 Å². The number of likely N-dealkylation sites (tertiary alicyclic amines) is 1. The predicted molar refractivity (Wildman–Crippen MR) is 212 cm³/mol. The van der Waals surface area contributed by atoms with Gasteiger partial charge in [0.2, 0.25) is 21.8 Å². The van der Waals surface area contributed by atoms with Crippen LogP contribution in [0.15, 0.2) is 66.7 Å². The van der Waals surface area contributed by atoms with E-state index in [1.165, 1.54) is 0 Å². The van der Waals surface area contributed by atoms with Crippen molar-refractivity contribution in [1.82, 2.24) is 19.1 Å². The average molecular weight is 771 g/mol. The molecule has 0 N–H and O–H groups in total. The molecule has 2 aromatic carbocycles. The Balaban J connectivity index is 1.26. The zero-order valence-electron chi connectivity index (χ0n) is 32.1. The minimum Gasteiger partial charge on any atom is -0.497 e. The molecule has 3 fully saturated rings. The molecule has 0 bridgehead atoms. The van der Waals surface area contributed by atoms with Gasteiger partial charge < -0.3 is 19.3 Å². The highest BCUT2D eigenvalue weighted by Crippen LogP contribution is 2.38. The van der Waals surface area contributed by atoms with E-state index in [4.69, 9.17) is 14.5 Å². The standard InChI is InChI=1S/C43H54N4O7S/c1-30-15-9-5-3-4-6-10-18-32(25-41(48)45-23-13-8-14-24-45)42(49)46-29-34(27-39(46)43(50)47(30)55(51,52)35-20-21-35)54-40-28-37(31-16-11-7-12-17-31)44-38-26-33(53-2)19-22-36(38)40/h5,7,9,11-12,16-17,19,22,26,28,30,32,34-35,39H,3-4,6,8,10,13-15,18,20-21,23-25,27,29H2,1-2H3. The van der Waals surface area contributed by atoms with Crippen molar-refractivity contribution >= 4 is 38.6 Å². The van der Waals surface area contributed by atoms with Crippen LogP contribution in [0.2, 0.25) is 0 Å². The lowest BCUT2D eigenvalue weighted by Gasteiger charge is -2.34. The highest BCUT2D eigenvalue weighted by molar-refractivity contribution is 7.90. The molecule has 11 nitrogen and oxygen atoms in total. The van der Waals surface area contributed by atoms with Crippen LogP contribution in [-0.2, 0) is 24.4 Å². The van der Waals surface area contributed by atoms with E-state index in [2.05, 4.69) is 6.08 Å². The summed E-state index contributed by atoms with van der Waals surface area (Å²) >= 11 is 0. The number of methoxy groups -OCH3 is 1. The van der Waals surface area contributed by atoms with E-state index in [0.29, 0.717) is 61.5 Å². The maximum absolute atomic E-state index is 14.9. The van der Waals surface area contributed by atoms with Gasteiger partial charge in [-0.25, -0.2) is 17.7 Å². The number of fused-ring (bicyclic) bond motifs is 2. The van der Waals surface area contributed by atoms with Crippen molar-refractivity contribution in [1.29, 1.82) is 0 Å². The zero-order valence-corrected chi connectivity index (χ0v) is 32.9. The Morgan fingerprint density at radius 1 is 0.891 bits per heavy atom. The van der Waals surface area contributed by atoms with E-state index in [1.807, 2.05) is 65.6 Å². The van der Waals surface area contributed by atoms with Crippen molar-refractivity contribution in [2.45, 2.75) is 114 Å². The topological polar surface area (TPSA) is 126 Å². The number of aromatic nitrogens is 1. The van der Waals surface area contributed by atoms with Crippen molar-refractivity contribution in [2.24, 2.45) is 5.92 Å². The minimum atomic E-state index is -3.96. The molecule has 3 aromatic rings. The number of hydrogen-bond donors (Lipinski definition) is 0. The number of nitrogens with zero attached hydrogens (tertiary/aromatic N) is 4. The summed E-state index contributed by atoms with van der Waals surface area (Å²) in [4.78, 5) is 51.8. The summed E-state index contributed by atoms with van der Waals surface area (Å²) in [6.45, 7) is 3.23. The number of hydrogen-bond acceptors (Lipinski definition) is 8. The summed E-state index contributed by atoms with van der Waals surface area (Å²) < 4.78 is 41.5. The minimum absolute atomic E-state index is 0.0348. The SMILES string of the molecule is COc1ccc2c(OC3CC4C(=O)N(S(=O)(=O)C5CC5)C(C)CC=CCCCCCC(CC(=O)N5CCCCC5)C(=O)N4C3)cc(-c3ccccc3)nc2c1. The molecule has 0 radical (unpaired) electrons. The van der Waals surface area contributed by atoms with E-state index >= 15 is 0 Å². The Labute approximate surface area is 325 Å². The summed E-state index contributed by atoms with van der Waals surface area (Å²) in [6.07, 6.45) is 11.9. The van der Waals surface area contributed by atoms with E-state index < -0.39 is 45.3 Å². The molecule has 4 aliphatic rings. The van der Waals surface area contributed by atoms with Crippen molar-refractivity contribution in [3.05, 3.63) is 66.7 Å². The van der Waals surface area contributed by atoms with Gasteiger partial charge in [-0.3, -0.25) is 14.4 Å². The number of carbonyl (C=O) groups excluding carboxylic acids is 3. The third kappa shape index (κ3) is 8.84. The molecule has 2 saturated heterocycles. The summed E-state index contributed by atoms with van der Waals surface area (Å²) in [5.74, 6) is -0.366. The molecule has 3 aliphatic heterocycles. The zero-order chi connectivity index (χ0) is 38.5. The predicted octanol–water partition coefficient (Wildman–Crippen LogP) is 6.90. The number of carbonyl (C=O) groups is 3. The Kier molecular flexibility index (Phi) is 12.1. The van der Waals surface area contributed by atoms with Gasteiger partial charge in [0.25, 0.3) is 5.91 Å². The number of allylic oxidation sites excluding steroid dienone is 1. The van der Waals surface area contributed by atoms with E-state index in [9.17, 15) is 22.8 Å². The first-order valence-electron chi connectivity index (χ1n) is 20.1. The molecule has 4 unspecified atom stereocenters. The van der Waals surface area contributed by atoms with Gasteiger partial charge in [-0.1, -0.05) is 55.3 Å². The van der Waals surface area contributed by atoms with Gasteiger partial charge in [0, 0.05) is 61.0 Å². The van der Waals surface area contributed by atoms with Gasteiger partial charge in [-0.05, 0) is 76.8 Å². The fraction of sp³-hybridized carbons (Fsp3) is 0.535. The molecule has 4 heterocycles. The summed E-state index contributed by atoms with van der Waals surface area (Å²) in [5.41, 5.74) is 2.25. The Morgan fingerprint density at radius 3 is 2.40 bits per heavy atom. The molecule has 7 rings (SSSR count). The molecule has 1 aromatic heterocycles. The summed E-state index contributed by atoms with van der Waals surface area (Å²) in [6, 6.07) is 15.5. The van der Waals surface area contributed by atoms with Crippen LogP contribution in [0.5, 0.6) is 11.5 Å². The highest BCUT2D eigenvalue weighted by atomic mass is 32.2. The van der Waals surface area contributed by atoms with Crippen LogP contribution in [0.1, 0.15) is 90.4 Å². The number of rotatable bonds is 8. The Bertz CT molecular complexity index is 1990. The van der Waals surface area contributed by atoms with Crippen LogP contribution in [0, 0.1) is 5.92 Å². The Hall–Kier alpha value is -4.45. The lowest BCUT2D eigenvalue weighted by Crippen LogP contribution is -2.54. The number of benzene rings is 2. The van der Waals surface area contributed by atoms with Crippen molar-refractivity contribution in [3.8, 4) is 22.8 Å². The molecule has 1 aliphatic carbocycles. The average Bonchev–Trinajstić information content (AvgIpc) is 3.99. The quantitative estimate of drug-likeness (QED) is 0.227. The van der Waals surface area contributed by atoms with Crippen LogP contribution in [-0.4, -0.2) is 95.4 Å². The third-order valence-electron chi connectivity index (χ3n) is 11.6. The number of amides is 3. The molecular formula is C43H54N4O7S. The molecule has 0 spiro atoms. The van der Waals surface area contributed by atoms with Crippen molar-refractivity contribution < 1.29 is 32.3 Å². The monoisotopic (exact) mass is 770 g/mol. The highest BCUT2D eigenvalue weighted by Gasteiger charge is 2.50. The van der Waals surface area contributed by atoms with Crippen molar-refractivity contribution in [3.63, 3.8) is 0 Å². The van der Waals surface area contributed by atoms with Gasteiger partial charge >= 0.3 is 0 Å². The van der Waals surface area contributed by atoms with Crippen LogP contribution in [0.4, 0.5) is 0 Å². The van der Waals surface area contributed by atoms with Gasteiger partial charge in [-0.2, -0.15) is 0 Å². The van der Waals surface area contributed by atoms with E-state index in [1.54, 1.807) is 18.9 Å². The van der Waals surface area contributed by atoms with Gasteiger partial charge in [-0.15, -0.1) is 0 Å². The Morgan fingerprint density at radius 2 is 1.65 bits per heavy atom. The fourth-order valence-corrected chi connectivity index (χ4v) is 10.3. The number of piperidine rings is 1. The maximum Gasteiger partial charge on any atom is 0.259 e. The third-order valence-corrected chi connectivity index (χ3v) is 14.0. The summed E-state index contributed by atoms with van der Waals surface area (Å²) in [7, 11) is -2.36. The molecule has 55 heavy (non-hydrogen) atoms. The second-order valence-electron chi connectivity index (χ2n) is 15.7. The second kappa shape index (κ2) is 17.1. The van der Waals surface area contributed by atoms with E-state index in [0.717, 1.165) is 60.2 Å². The first-order valence-corrected chi connectivity index (χ1v) is 21.7. The van der Waals surface area contributed by atoms with E-state index in [-0.39, 0.29) is 31.2 Å². The first kappa shape index (κ1) is 38.8. The first-order chi connectivity index (χ1) is 26.6.